The minimum atomic E-state index is -1.48. The van der Waals surface area contributed by atoms with Crippen molar-refractivity contribution in [1.82, 2.24) is 0 Å². The van der Waals surface area contributed by atoms with Gasteiger partial charge < -0.3 is 5.11 Å². The van der Waals surface area contributed by atoms with Gasteiger partial charge in [0, 0.05) is 0 Å². The van der Waals surface area contributed by atoms with E-state index in [0.29, 0.717) is 11.1 Å². The van der Waals surface area contributed by atoms with Crippen molar-refractivity contribution < 1.29 is 18.3 Å². The van der Waals surface area contributed by atoms with Gasteiger partial charge in [0.1, 0.15) is 5.75 Å². The van der Waals surface area contributed by atoms with Crippen molar-refractivity contribution in [1.29, 1.82) is 0 Å². The first-order valence-corrected chi connectivity index (χ1v) is 4.93. The third-order valence-electron chi connectivity index (χ3n) is 2.50. The maximum atomic E-state index is 13.1. The molecule has 0 radical (unpaired) electrons. The van der Waals surface area contributed by atoms with Crippen LogP contribution < -0.4 is 0 Å². The molecule has 0 saturated heterocycles. The Morgan fingerprint density at radius 1 is 0.941 bits per heavy atom. The summed E-state index contributed by atoms with van der Waals surface area (Å²) in [5.41, 5.74) is 1.43. The van der Waals surface area contributed by atoms with Gasteiger partial charge in [0.15, 0.2) is 17.5 Å². The second kappa shape index (κ2) is 4.13. The summed E-state index contributed by atoms with van der Waals surface area (Å²) in [5.74, 6) is -3.88. The van der Waals surface area contributed by atoms with Crippen LogP contribution in [0.2, 0.25) is 0 Å². The van der Waals surface area contributed by atoms with Gasteiger partial charge in [-0.2, -0.15) is 0 Å². The lowest BCUT2D eigenvalue weighted by Gasteiger charge is -2.07. The van der Waals surface area contributed by atoms with Crippen LogP contribution in [0, 0.1) is 24.4 Å². The lowest BCUT2D eigenvalue weighted by atomic mass is 10.00. The quantitative estimate of drug-likeness (QED) is 0.749. The lowest BCUT2D eigenvalue weighted by molar-refractivity contribution is 0.447. The molecular formula is C13H9F3O. The highest BCUT2D eigenvalue weighted by molar-refractivity contribution is 5.68. The maximum absolute atomic E-state index is 13.1. The van der Waals surface area contributed by atoms with E-state index in [1.165, 1.54) is 18.2 Å². The third-order valence-corrected chi connectivity index (χ3v) is 2.50. The summed E-state index contributed by atoms with van der Waals surface area (Å²) in [7, 11) is 0. The highest BCUT2D eigenvalue weighted by Crippen LogP contribution is 2.28. The first-order valence-electron chi connectivity index (χ1n) is 4.93. The van der Waals surface area contributed by atoms with Crippen LogP contribution in [0.4, 0.5) is 13.2 Å². The Morgan fingerprint density at radius 3 is 2.06 bits per heavy atom. The van der Waals surface area contributed by atoms with E-state index < -0.39 is 17.5 Å². The number of hydrogen-bond donors (Lipinski definition) is 1. The minimum Gasteiger partial charge on any atom is -0.508 e. The van der Waals surface area contributed by atoms with Crippen molar-refractivity contribution in [3.05, 3.63) is 53.3 Å². The van der Waals surface area contributed by atoms with Gasteiger partial charge in [-0.15, -0.1) is 0 Å². The van der Waals surface area contributed by atoms with Crippen molar-refractivity contribution in [2.24, 2.45) is 0 Å². The zero-order valence-electron chi connectivity index (χ0n) is 8.97. The second-order valence-electron chi connectivity index (χ2n) is 3.75. The summed E-state index contributed by atoms with van der Waals surface area (Å²) < 4.78 is 38.9. The smallest absolute Gasteiger partial charge is 0.194 e. The van der Waals surface area contributed by atoms with Crippen LogP contribution in [0.1, 0.15) is 5.56 Å². The molecule has 0 amide bonds. The van der Waals surface area contributed by atoms with Crippen LogP contribution in [0.3, 0.4) is 0 Å². The molecule has 88 valence electrons. The van der Waals surface area contributed by atoms with E-state index in [0.717, 1.165) is 12.1 Å². The van der Waals surface area contributed by atoms with Crippen molar-refractivity contribution in [2.45, 2.75) is 6.92 Å². The molecule has 0 aliphatic carbocycles. The monoisotopic (exact) mass is 238 g/mol. The number of aryl methyl sites for hydroxylation is 1. The maximum Gasteiger partial charge on any atom is 0.194 e. The molecule has 0 aliphatic heterocycles. The van der Waals surface area contributed by atoms with Crippen LogP contribution >= 0.6 is 0 Å². The average molecular weight is 238 g/mol. The average Bonchev–Trinajstić information content (AvgIpc) is 2.25. The summed E-state index contributed by atoms with van der Waals surface area (Å²) in [6.45, 7) is 1.69. The van der Waals surface area contributed by atoms with Gasteiger partial charge in [-0.3, -0.25) is 0 Å². The fourth-order valence-corrected chi connectivity index (χ4v) is 1.68. The van der Waals surface area contributed by atoms with Gasteiger partial charge in [-0.05, 0) is 47.9 Å². The molecule has 0 heterocycles. The highest BCUT2D eigenvalue weighted by atomic mass is 19.2. The molecular weight excluding hydrogens is 229 g/mol. The predicted molar refractivity (Wildman–Crippen MR) is 58.2 cm³/mol. The normalized spacial score (nSPS) is 10.6. The van der Waals surface area contributed by atoms with Crippen LogP contribution in [0.15, 0.2) is 30.3 Å². The topological polar surface area (TPSA) is 20.2 Å². The lowest BCUT2D eigenvalue weighted by Crippen LogP contribution is -1.93. The molecule has 2 aromatic rings. The van der Waals surface area contributed by atoms with Gasteiger partial charge in [0.2, 0.25) is 0 Å². The van der Waals surface area contributed by atoms with E-state index >= 15 is 0 Å². The number of phenols is 1. The van der Waals surface area contributed by atoms with Crippen molar-refractivity contribution >= 4 is 0 Å². The van der Waals surface area contributed by atoms with Gasteiger partial charge in [0.25, 0.3) is 0 Å². The molecule has 4 heteroatoms. The summed E-state index contributed by atoms with van der Waals surface area (Å²) in [4.78, 5) is 0. The van der Waals surface area contributed by atoms with Crippen LogP contribution in [-0.4, -0.2) is 5.11 Å². The zero-order valence-corrected chi connectivity index (χ0v) is 8.97. The molecule has 0 aromatic heterocycles. The molecule has 1 nitrogen and oxygen atoms in total. The standard InChI is InChI=1S/C13H9F3O/c1-7-4-9(17)2-3-10(7)8-5-11(14)13(16)12(15)6-8/h2-6,17H,1H3. The minimum absolute atomic E-state index is 0.0642. The van der Waals surface area contributed by atoms with E-state index in [1.54, 1.807) is 6.92 Å². The SMILES string of the molecule is Cc1cc(O)ccc1-c1cc(F)c(F)c(F)c1. The fraction of sp³-hybridized carbons (Fsp3) is 0.0769. The third kappa shape index (κ3) is 2.11. The molecule has 0 aliphatic rings. The predicted octanol–water partition coefficient (Wildman–Crippen LogP) is 3.78. The molecule has 0 fully saturated rings. The number of rotatable bonds is 1. The number of halogens is 3. The molecule has 0 atom stereocenters. The molecule has 0 unspecified atom stereocenters. The molecule has 0 spiro atoms. The van der Waals surface area contributed by atoms with Crippen LogP contribution in [0.25, 0.3) is 11.1 Å². The van der Waals surface area contributed by atoms with Crippen molar-refractivity contribution in [3.63, 3.8) is 0 Å². The van der Waals surface area contributed by atoms with E-state index in [-0.39, 0.29) is 11.3 Å². The Labute approximate surface area is 96.1 Å². The molecule has 2 rings (SSSR count). The summed E-state index contributed by atoms with van der Waals surface area (Å²) in [6, 6.07) is 6.25. The van der Waals surface area contributed by atoms with Crippen LogP contribution in [0.5, 0.6) is 5.75 Å². The molecule has 2 aromatic carbocycles. The van der Waals surface area contributed by atoms with E-state index in [9.17, 15) is 18.3 Å². The van der Waals surface area contributed by atoms with Crippen molar-refractivity contribution in [2.75, 3.05) is 0 Å². The summed E-state index contributed by atoms with van der Waals surface area (Å²) in [6.07, 6.45) is 0. The first-order chi connectivity index (χ1) is 7.99. The first kappa shape index (κ1) is 11.5. The zero-order chi connectivity index (χ0) is 12.6. The summed E-state index contributed by atoms with van der Waals surface area (Å²) >= 11 is 0. The number of phenolic OH excluding ortho intramolecular Hbond substituents is 1. The Morgan fingerprint density at radius 2 is 1.53 bits per heavy atom. The van der Waals surface area contributed by atoms with Gasteiger partial charge in [-0.1, -0.05) is 6.07 Å². The number of benzene rings is 2. The van der Waals surface area contributed by atoms with Gasteiger partial charge in [-0.25, -0.2) is 13.2 Å². The molecule has 17 heavy (non-hydrogen) atoms. The van der Waals surface area contributed by atoms with Gasteiger partial charge in [0.05, 0.1) is 0 Å². The van der Waals surface area contributed by atoms with E-state index in [2.05, 4.69) is 0 Å². The number of hydrogen-bond acceptors (Lipinski definition) is 1. The van der Waals surface area contributed by atoms with Crippen LogP contribution in [-0.2, 0) is 0 Å². The molecule has 0 saturated carbocycles. The summed E-state index contributed by atoms with van der Waals surface area (Å²) in [5, 5.41) is 9.23. The fourth-order valence-electron chi connectivity index (χ4n) is 1.68. The van der Waals surface area contributed by atoms with E-state index in [1.807, 2.05) is 0 Å². The Hall–Kier alpha value is -1.97. The molecule has 0 bridgehead atoms. The van der Waals surface area contributed by atoms with E-state index in [4.69, 9.17) is 0 Å². The second-order valence-corrected chi connectivity index (χ2v) is 3.75. The number of aromatic hydroxyl groups is 1. The Bertz CT molecular complexity index is 556. The van der Waals surface area contributed by atoms with Gasteiger partial charge >= 0.3 is 0 Å². The highest BCUT2D eigenvalue weighted by Gasteiger charge is 2.12. The molecule has 1 N–H and O–H groups in total. The Balaban J connectivity index is 2.61. The Kier molecular flexibility index (Phi) is 2.79. The largest absolute Gasteiger partial charge is 0.508 e. The van der Waals surface area contributed by atoms with Crippen molar-refractivity contribution in [3.8, 4) is 16.9 Å².